The quantitative estimate of drug-likeness (QED) is 0.290. The molecule has 4 aromatic carbocycles. The third-order valence-corrected chi connectivity index (χ3v) is 6.16. The monoisotopic (exact) mass is 388 g/mol. The van der Waals surface area contributed by atoms with Crippen LogP contribution in [0.15, 0.2) is 97.1 Å². The summed E-state index contributed by atoms with van der Waals surface area (Å²) in [6.45, 7) is 0. The maximum absolute atomic E-state index is 2.21. The van der Waals surface area contributed by atoms with Gasteiger partial charge in [0, 0.05) is 9.75 Å². The van der Waals surface area contributed by atoms with E-state index in [0.29, 0.717) is 0 Å². The standard InChI is InChI=1S/C28H20S/c1-3-13-27-21(7-1)9-5-11-23(27)15-17-25-19-20-26(29-25)18-16-24-12-6-10-22-8-2-4-14-28(22)24/h1-20H. The topological polar surface area (TPSA) is 0 Å². The van der Waals surface area contributed by atoms with Crippen LogP contribution >= 0.6 is 11.3 Å². The number of thiophene rings is 1. The summed E-state index contributed by atoms with van der Waals surface area (Å²) in [6, 6.07) is 34.3. The maximum atomic E-state index is 2.21. The molecule has 0 nitrogen and oxygen atoms in total. The Hall–Kier alpha value is -3.42. The van der Waals surface area contributed by atoms with Gasteiger partial charge in [-0.3, -0.25) is 0 Å². The normalized spacial score (nSPS) is 11.9. The SMILES string of the molecule is C(=Cc1cccc2ccccc12)c1ccc(C=Cc2cccc3ccccc23)s1. The molecule has 0 aliphatic heterocycles. The van der Waals surface area contributed by atoms with Gasteiger partial charge < -0.3 is 0 Å². The molecule has 1 aromatic heterocycles. The predicted molar refractivity (Wildman–Crippen MR) is 130 cm³/mol. The summed E-state index contributed by atoms with van der Waals surface area (Å²) in [5.74, 6) is 0. The molecule has 0 saturated carbocycles. The zero-order valence-electron chi connectivity index (χ0n) is 16.0. The number of hydrogen-bond acceptors (Lipinski definition) is 1. The van der Waals surface area contributed by atoms with Crippen molar-refractivity contribution in [2.75, 3.05) is 0 Å². The highest BCUT2D eigenvalue weighted by Gasteiger charge is 1.99. The van der Waals surface area contributed by atoms with Crippen molar-refractivity contribution in [2.45, 2.75) is 0 Å². The average Bonchev–Trinajstić information content (AvgIpc) is 3.24. The van der Waals surface area contributed by atoms with Crippen molar-refractivity contribution in [1.82, 2.24) is 0 Å². The first-order valence-corrected chi connectivity index (χ1v) is 10.6. The summed E-state index contributed by atoms with van der Waals surface area (Å²) in [7, 11) is 0. The van der Waals surface area contributed by atoms with Gasteiger partial charge in [-0.15, -0.1) is 11.3 Å². The molecule has 1 heteroatoms. The molecule has 0 bridgehead atoms. The fraction of sp³-hybridized carbons (Fsp3) is 0. The second-order valence-electron chi connectivity index (χ2n) is 7.04. The smallest absolute Gasteiger partial charge is 0.0276 e. The summed E-state index contributed by atoms with van der Waals surface area (Å²) in [5, 5.41) is 5.14. The van der Waals surface area contributed by atoms with Crippen molar-refractivity contribution in [2.24, 2.45) is 0 Å². The minimum atomic E-state index is 1.25. The molecule has 0 aliphatic carbocycles. The van der Waals surface area contributed by atoms with Crippen molar-refractivity contribution in [3.05, 3.63) is 118 Å². The van der Waals surface area contributed by atoms with E-state index in [1.807, 2.05) is 11.3 Å². The van der Waals surface area contributed by atoms with Crippen molar-refractivity contribution in [3.8, 4) is 0 Å². The van der Waals surface area contributed by atoms with Gasteiger partial charge in [-0.2, -0.15) is 0 Å². The number of fused-ring (bicyclic) bond motifs is 2. The third kappa shape index (κ3) is 3.78. The Morgan fingerprint density at radius 3 is 1.38 bits per heavy atom. The van der Waals surface area contributed by atoms with Crippen LogP contribution in [0.3, 0.4) is 0 Å². The van der Waals surface area contributed by atoms with Gasteiger partial charge in [0.1, 0.15) is 0 Å². The highest BCUT2D eigenvalue weighted by molar-refractivity contribution is 7.13. The van der Waals surface area contributed by atoms with Gasteiger partial charge in [-0.25, -0.2) is 0 Å². The van der Waals surface area contributed by atoms with Crippen molar-refractivity contribution in [1.29, 1.82) is 0 Å². The molecular formula is C28H20S. The van der Waals surface area contributed by atoms with Crippen molar-refractivity contribution >= 4 is 57.2 Å². The maximum Gasteiger partial charge on any atom is 0.0276 e. The number of hydrogen-bond donors (Lipinski definition) is 0. The van der Waals surface area contributed by atoms with E-state index in [9.17, 15) is 0 Å². The lowest BCUT2D eigenvalue weighted by atomic mass is 10.0. The lowest BCUT2D eigenvalue weighted by Gasteiger charge is -2.01. The van der Waals surface area contributed by atoms with Crippen LogP contribution in [0.2, 0.25) is 0 Å². The molecule has 0 spiro atoms. The Morgan fingerprint density at radius 1 is 0.414 bits per heavy atom. The zero-order valence-corrected chi connectivity index (χ0v) is 16.8. The van der Waals surface area contributed by atoms with Gasteiger partial charge in [-0.1, -0.05) is 97.1 Å². The molecule has 0 amide bonds. The summed E-state index contributed by atoms with van der Waals surface area (Å²) in [5.41, 5.74) is 2.51. The fourth-order valence-corrected chi connectivity index (χ4v) is 4.50. The summed E-state index contributed by atoms with van der Waals surface area (Å²) < 4.78 is 0. The first kappa shape index (κ1) is 17.7. The van der Waals surface area contributed by atoms with E-state index in [0.717, 1.165) is 0 Å². The molecular weight excluding hydrogens is 368 g/mol. The first-order valence-electron chi connectivity index (χ1n) is 9.78. The molecule has 29 heavy (non-hydrogen) atoms. The van der Waals surface area contributed by atoms with Gasteiger partial charge in [0.15, 0.2) is 0 Å². The number of benzene rings is 4. The minimum Gasteiger partial charge on any atom is -0.137 e. The minimum absolute atomic E-state index is 1.25. The van der Waals surface area contributed by atoms with E-state index in [2.05, 4.69) is 121 Å². The van der Waals surface area contributed by atoms with Gasteiger partial charge in [0.05, 0.1) is 0 Å². The Morgan fingerprint density at radius 2 is 0.862 bits per heavy atom. The fourth-order valence-electron chi connectivity index (χ4n) is 3.68. The molecule has 0 fully saturated rings. The van der Waals surface area contributed by atoms with E-state index >= 15 is 0 Å². The second kappa shape index (κ2) is 7.90. The van der Waals surface area contributed by atoms with Gasteiger partial charge >= 0.3 is 0 Å². The van der Waals surface area contributed by atoms with Crippen LogP contribution in [0.5, 0.6) is 0 Å². The van der Waals surface area contributed by atoms with Crippen LogP contribution in [0.25, 0.3) is 45.8 Å². The van der Waals surface area contributed by atoms with E-state index in [1.165, 1.54) is 42.4 Å². The Bertz CT molecular complexity index is 1240. The number of rotatable bonds is 4. The molecule has 0 saturated heterocycles. The van der Waals surface area contributed by atoms with Crippen LogP contribution in [0.4, 0.5) is 0 Å². The Kier molecular flexibility index (Phi) is 4.81. The summed E-state index contributed by atoms with van der Waals surface area (Å²) >= 11 is 1.81. The molecule has 5 rings (SSSR count). The van der Waals surface area contributed by atoms with Crippen LogP contribution < -0.4 is 0 Å². The highest BCUT2D eigenvalue weighted by atomic mass is 32.1. The molecule has 1 heterocycles. The molecule has 0 atom stereocenters. The van der Waals surface area contributed by atoms with Crippen LogP contribution in [0.1, 0.15) is 20.9 Å². The third-order valence-electron chi connectivity index (χ3n) is 5.15. The average molecular weight is 389 g/mol. The molecule has 5 aromatic rings. The predicted octanol–water partition coefficient (Wildman–Crippen LogP) is 8.40. The summed E-state index contributed by atoms with van der Waals surface area (Å²) in [4.78, 5) is 2.52. The molecule has 0 N–H and O–H groups in total. The van der Waals surface area contributed by atoms with E-state index in [4.69, 9.17) is 0 Å². The van der Waals surface area contributed by atoms with Crippen LogP contribution in [-0.2, 0) is 0 Å². The Labute approximate surface area is 175 Å². The lowest BCUT2D eigenvalue weighted by Crippen LogP contribution is -1.77. The highest BCUT2D eigenvalue weighted by Crippen LogP contribution is 2.25. The molecule has 138 valence electrons. The van der Waals surface area contributed by atoms with Crippen molar-refractivity contribution < 1.29 is 0 Å². The van der Waals surface area contributed by atoms with Gasteiger partial charge in [0.2, 0.25) is 0 Å². The van der Waals surface area contributed by atoms with Crippen LogP contribution in [0, 0.1) is 0 Å². The molecule has 0 radical (unpaired) electrons. The molecule has 0 unspecified atom stereocenters. The van der Waals surface area contributed by atoms with E-state index in [1.54, 1.807) is 0 Å². The van der Waals surface area contributed by atoms with Crippen molar-refractivity contribution in [3.63, 3.8) is 0 Å². The zero-order chi connectivity index (χ0) is 19.5. The van der Waals surface area contributed by atoms with Gasteiger partial charge in [-0.05, 0) is 57.0 Å². The Balaban J connectivity index is 1.39. The van der Waals surface area contributed by atoms with E-state index < -0.39 is 0 Å². The van der Waals surface area contributed by atoms with Gasteiger partial charge in [0.25, 0.3) is 0 Å². The largest absolute Gasteiger partial charge is 0.137 e. The van der Waals surface area contributed by atoms with E-state index in [-0.39, 0.29) is 0 Å². The second-order valence-corrected chi connectivity index (χ2v) is 8.19. The summed E-state index contributed by atoms with van der Waals surface area (Å²) in [6.07, 6.45) is 8.85. The van der Waals surface area contributed by atoms with Crippen LogP contribution in [-0.4, -0.2) is 0 Å². The lowest BCUT2D eigenvalue weighted by molar-refractivity contribution is 1.71. The first-order chi connectivity index (χ1) is 14.4. The molecule has 0 aliphatic rings.